The van der Waals surface area contributed by atoms with Gasteiger partial charge >= 0.3 is 0 Å². The van der Waals surface area contributed by atoms with Gasteiger partial charge < -0.3 is 14.8 Å². The standard InChI is InChI=1S/C14H21NO2/c1-16-11-12-5-2-3-7-14(12)15-13-6-4-9-17-10-8-13/h2-3,5,7,13,15H,4,6,8-11H2,1H3. The molecular weight excluding hydrogens is 214 g/mol. The number of nitrogens with one attached hydrogen (secondary N) is 1. The van der Waals surface area contributed by atoms with Crippen molar-refractivity contribution in [2.45, 2.75) is 31.9 Å². The van der Waals surface area contributed by atoms with Crippen LogP contribution in [0.4, 0.5) is 5.69 Å². The first-order chi connectivity index (χ1) is 8.40. The molecule has 0 spiro atoms. The van der Waals surface area contributed by atoms with Crippen molar-refractivity contribution >= 4 is 5.69 Å². The number of anilines is 1. The van der Waals surface area contributed by atoms with Crippen molar-refractivity contribution in [3.05, 3.63) is 29.8 Å². The van der Waals surface area contributed by atoms with Gasteiger partial charge in [0.05, 0.1) is 6.61 Å². The summed E-state index contributed by atoms with van der Waals surface area (Å²) in [5, 5.41) is 3.61. The minimum absolute atomic E-state index is 0.524. The van der Waals surface area contributed by atoms with E-state index < -0.39 is 0 Å². The lowest BCUT2D eigenvalue weighted by atomic mass is 10.1. The van der Waals surface area contributed by atoms with Crippen molar-refractivity contribution in [1.82, 2.24) is 0 Å². The van der Waals surface area contributed by atoms with Gasteiger partial charge in [0.25, 0.3) is 0 Å². The lowest BCUT2D eigenvalue weighted by molar-refractivity contribution is 0.144. The fourth-order valence-corrected chi connectivity index (χ4v) is 2.21. The van der Waals surface area contributed by atoms with Gasteiger partial charge in [-0.25, -0.2) is 0 Å². The van der Waals surface area contributed by atoms with Gasteiger partial charge in [0, 0.05) is 37.6 Å². The Kier molecular flexibility index (Phi) is 4.83. The quantitative estimate of drug-likeness (QED) is 0.870. The first kappa shape index (κ1) is 12.4. The molecule has 1 aromatic carbocycles. The molecule has 0 bridgehead atoms. The predicted molar refractivity (Wildman–Crippen MR) is 69.2 cm³/mol. The molecule has 94 valence electrons. The fourth-order valence-electron chi connectivity index (χ4n) is 2.21. The minimum Gasteiger partial charge on any atom is -0.382 e. The molecule has 0 saturated carbocycles. The van der Waals surface area contributed by atoms with Crippen LogP contribution in [0.2, 0.25) is 0 Å². The molecule has 17 heavy (non-hydrogen) atoms. The molecule has 0 radical (unpaired) electrons. The smallest absolute Gasteiger partial charge is 0.0733 e. The monoisotopic (exact) mass is 235 g/mol. The van der Waals surface area contributed by atoms with E-state index in [1.54, 1.807) is 7.11 Å². The van der Waals surface area contributed by atoms with Crippen LogP contribution >= 0.6 is 0 Å². The Hall–Kier alpha value is -1.06. The number of ether oxygens (including phenoxy) is 2. The topological polar surface area (TPSA) is 30.5 Å². The number of hydrogen-bond acceptors (Lipinski definition) is 3. The van der Waals surface area contributed by atoms with E-state index in [0.29, 0.717) is 12.6 Å². The highest BCUT2D eigenvalue weighted by Crippen LogP contribution is 2.20. The third kappa shape index (κ3) is 3.72. The number of methoxy groups -OCH3 is 1. The molecule has 1 saturated heterocycles. The van der Waals surface area contributed by atoms with Crippen molar-refractivity contribution in [2.24, 2.45) is 0 Å². The van der Waals surface area contributed by atoms with E-state index in [0.717, 1.165) is 26.1 Å². The third-order valence-electron chi connectivity index (χ3n) is 3.13. The largest absolute Gasteiger partial charge is 0.382 e. The molecule has 0 amide bonds. The van der Waals surface area contributed by atoms with Crippen LogP contribution < -0.4 is 5.32 Å². The maximum absolute atomic E-state index is 5.48. The molecule has 1 unspecified atom stereocenters. The summed E-state index contributed by atoms with van der Waals surface area (Å²) in [6, 6.07) is 8.87. The Balaban J connectivity index is 2.00. The van der Waals surface area contributed by atoms with Gasteiger partial charge in [-0.15, -0.1) is 0 Å². The highest BCUT2D eigenvalue weighted by molar-refractivity contribution is 5.51. The van der Waals surface area contributed by atoms with Gasteiger partial charge in [-0.2, -0.15) is 0 Å². The third-order valence-corrected chi connectivity index (χ3v) is 3.13. The van der Waals surface area contributed by atoms with Gasteiger partial charge in [0.1, 0.15) is 0 Å². The average molecular weight is 235 g/mol. The van der Waals surface area contributed by atoms with E-state index >= 15 is 0 Å². The van der Waals surface area contributed by atoms with Gasteiger partial charge in [0.2, 0.25) is 0 Å². The average Bonchev–Trinajstić information content (AvgIpc) is 2.61. The molecule has 1 N–H and O–H groups in total. The van der Waals surface area contributed by atoms with Gasteiger partial charge in [0.15, 0.2) is 0 Å². The summed E-state index contributed by atoms with van der Waals surface area (Å²) in [4.78, 5) is 0. The molecule has 2 rings (SSSR count). The molecule has 1 aliphatic heterocycles. The second-order valence-corrected chi connectivity index (χ2v) is 4.47. The number of hydrogen-bond donors (Lipinski definition) is 1. The Bertz CT molecular complexity index is 333. The molecule has 1 aromatic rings. The van der Waals surface area contributed by atoms with E-state index in [1.807, 2.05) is 0 Å². The van der Waals surface area contributed by atoms with Gasteiger partial charge in [-0.05, 0) is 25.3 Å². The van der Waals surface area contributed by atoms with Crippen molar-refractivity contribution < 1.29 is 9.47 Å². The van der Waals surface area contributed by atoms with Crippen LogP contribution in [-0.4, -0.2) is 26.4 Å². The van der Waals surface area contributed by atoms with Crippen molar-refractivity contribution in [3.8, 4) is 0 Å². The van der Waals surface area contributed by atoms with Crippen LogP contribution in [0.5, 0.6) is 0 Å². The predicted octanol–water partition coefficient (Wildman–Crippen LogP) is 2.81. The van der Waals surface area contributed by atoms with Crippen LogP contribution in [0.15, 0.2) is 24.3 Å². The molecule has 1 heterocycles. The Morgan fingerprint density at radius 2 is 2.18 bits per heavy atom. The maximum Gasteiger partial charge on any atom is 0.0733 e. The summed E-state index contributed by atoms with van der Waals surface area (Å²) in [6.45, 7) is 2.43. The van der Waals surface area contributed by atoms with Crippen LogP contribution in [-0.2, 0) is 16.1 Å². The zero-order valence-corrected chi connectivity index (χ0v) is 10.4. The summed E-state index contributed by atoms with van der Waals surface area (Å²) in [7, 11) is 1.73. The molecule has 3 heteroatoms. The second-order valence-electron chi connectivity index (χ2n) is 4.47. The Labute approximate surface area is 103 Å². The van der Waals surface area contributed by atoms with Crippen LogP contribution in [0.25, 0.3) is 0 Å². The summed E-state index contributed by atoms with van der Waals surface area (Å²) in [6.07, 6.45) is 3.41. The normalized spacial score (nSPS) is 20.9. The molecule has 1 atom stereocenters. The van der Waals surface area contributed by atoms with E-state index in [4.69, 9.17) is 9.47 Å². The van der Waals surface area contributed by atoms with Crippen molar-refractivity contribution in [3.63, 3.8) is 0 Å². The first-order valence-corrected chi connectivity index (χ1v) is 6.31. The number of benzene rings is 1. The molecule has 0 aromatic heterocycles. The highest BCUT2D eigenvalue weighted by atomic mass is 16.5. The first-order valence-electron chi connectivity index (χ1n) is 6.31. The molecular formula is C14H21NO2. The molecule has 3 nitrogen and oxygen atoms in total. The van der Waals surface area contributed by atoms with Crippen LogP contribution in [0.3, 0.4) is 0 Å². The minimum atomic E-state index is 0.524. The fraction of sp³-hybridized carbons (Fsp3) is 0.571. The summed E-state index contributed by atoms with van der Waals surface area (Å²) in [5.41, 5.74) is 2.42. The van der Waals surface area contributed by atoms with Gasteiger partial charge in [-0.3, -0.25) is 0 Å². The van der Waals surface area contributed by atoms with Crippen molar-refractivity contribution in [1.29, 1.82) is 0 Å². The highest BCUT2D eigenvalue weighted by Gasteiger charge is 2.13. The van der Waals surface area contributed by atoms with Crippen LogP contribution in [0.1, 0.15) is 24.8 Å². The van der Waals surface area contributed by atoms with E-state index in [1.165, 1.54) is 17.7 Å². The summed E-state index contributed by atoms with van der Waals surface area (Å²) in [5.74, 6) is 0. The Morgan fingerprint density at radius 1 is 1.29 bits per heavy atom. The summed E-state index contributed by atoms with van der Waals surface area (Å²) < 4.78 is 10.7. The van der Waals surface area contributed by atoms with E-state index in [9.17, 15) is 0 Å². The van der Waals surface area contributed by atoms with E-state index in [2.05, 4.69) is 29.6 Å². The zero-order chi connectivity index (χ0) is 11.9. The number of para-hydroxylation sites is 1. The molecule has 1 aliphatic rings. The molecule has 0 aliphatic carbocycles. The zero-order valence-electron chi connectivity index (χ0n) is 10.4. The SMILES string of the molecule is COCc1ccccc1NC1CCCOCC1. The lowest BCUT2D eigenvalue weighted by Crippen LogP contribution is -2.20. The maximum atomic E-state index is 5.48. The van der Waals surface area contributed by atoms with Crippen LogP contribution in [0, 0.1) is 0 Å². The summed E-state index contributed by atoms with van der Waals surface area (Å²) >= 11 is 0. The van der Waals surface area contributed by atoms with E-state index in [-0.39, 0.29) is 0 Å². The second kappa shape index (κ2) is 6.62. The lowest BCUT2D eigenvalue weighted by Gasteiger charge is -2.19. The molecule has 1 fully saturated rings. The Morgan fingerprint density at radius 3 is 3.06 bits per heavy atom. The van der Waals surface area contributed by atoms with Gasteiger partial charge in [-0.1, -0.05) is 18.2 Å². The van der Waals surface area contributed by atoms with Crippen molar-refractivity contribution in [2.75, 3.05) is 25.6 Å². The number of rotatable bonds is 4.